The summed E-state index contributed by atoms with van der Waals surface area (Å²) in [7, 11) is 0. The van der Waals surface area contributed by atoms with E-state index in [1.54, 1.807) is 35.8 Å². The van der Waals surface area contributed by atoms with Crippen LogP contribution in [0.3, 0.4) is 0 Å². The van der Waals surface area contributed by atoms with Crippen LogP contribution in [0.5, 0.6) is 0 Å². The minimum absolute atomic E-state index is 0.442. The molecule has 1 amide bonds. The highest BCUT2D eigenvalue weighted by Crippen LogP contribution is 2.19. The molecule has 0 aliphatic rings. The van der Waals surface area contributed by atoms with Crippen molar-refractivity contribution in [1.82, 2.24) is 0 Å². The molecule has 17 heavy (non-hydrogen) atoms. The molecule has 0 aliphatic heterocycles. The Morgan fingerprint density at radius 3 is 2.71 bits per heavy atom. The van der Waals surface area contributed by atoms with Crippen LogP contribution in [0, 0.1) is 6.92 Å². The predicted molar refractivity (Wildman–Crippen MR) is 71.3 cm³/mol. The van der Waals surface area contributed by atoms with Gasteiger partial charge in [-0.05, 0) is 31.2 Å². The molecule has 0 unspecified atom stereocenters. The fourth-order valence-electron chi connectivity index (χ4n) is 1.45. The summed E-state index contributed by atoms with van der Waals surface area (Å²) in [5, 5.41) is 0. The maximum atomic E-state index is 11.2. The van der Waals surface area contributed by atoms with Gasteiger partial charge in [-0.15, -0.1) is 11.3 Å². The Morgan fingerprint density at radius 1 is 1.29 bits per heavy atom. The standard InChI is InChI=1S/C13H12N2OS/c1-9-6-7-10(17-9)8-15-12-5-3-2-4-11(12)13(14)16/h2-8H,1H3,(H2,14,16)/b15-8+. The van der Waals surface area contributed by atoms with Gasteiger partial charge in [0.15, 0.2) is 0 Å². The first-order valence-electron chi connectivity index (χ1n) is 5.16. The smallest absolute Gasteiger partial charge is 0.250 e. The summed E-state index contributed by atoms with van der Waals surface area (Å²) in [5.41, 5.74) is 6.32. The van der Waals surface area contributed by atoms with Crippen molar-refractivity contribution in [1.29, 1.82) is 0 Å². The second-order valence-electron chi connectivity index (χ2n) is 3.59. The van der Waals surface area contributed by atoms with Crippen LogP contribution in [0.2, 0.25) is 0 Å². The van der Waals surface area contributed by atoms with Crippen molar-refractivity contribution in [3.05, 3.63) is 51.7 Å². The zero-order valence-corrected chi connectivity index (χ0v) is 10.2. The number of aliphatic imine (C=N–C) groups is 1. The molecular weight excluding hydrogens is 232 g/mol. The molecule has 4 heteroatoms. The van der Waals surface area contributed by atoms with Crippen molar-refractivity contribution in [2.24, 2.45) is 10.7 Å². The second-order valence-corrected chi connectivity index (χ2v) is 4.91. The summed E-state index contributed by atoms with van der Waals surface area (Å²) in [6.45, 7) is 2.04. The first-order chi connectivity index (χ1) is 8.16. The van der Waals surface area contributed by atoms with E-state index < -0.39 is 5.91 Å². The Hall–Kier alpha value is -1.94. The van der Waals surface area contributed by atoms with Gasteiger partial charge in [0, 0.05) is 16.0 Å². The topological polar surface area (TPSA) is 55.4 Å². The van der Waals surface area contributed by atoms with Crippen molar-refractivity contribution in [2.45, 2.75) is 6.92 Å². The van der Waals surface area contributed by atoms with E-state index in [1.807, 2.05) is 25.1 Å². The number of hydrogen-bond donors (Lipinski definition) is 1. The summed E-state index contributed by atoms with van der Waals surface area (Å²) >= 11 is 1.66. The summed E-state index contributed by atoms with van der Waals surface area (Å²) in [6, 6.07) is 11.1. The fraction of sp³-hybridized carbons (Fsp3) is 0.0769. The highest BCUT2D eigenvalue weighted by molar-refractivity contribution is 7.13. The zero-order chi connectivity index (χ0) is 12.3. The zero-order valence-electron chi connectivity index (χ0n) is 9.38. The molecule has 1 aromatic heterocycles. The molecule has 1 heterocycles. The molecule has 2 N–H and O–H groups in total. The Bertz CT molecular complexity index is 572. The lowest BCUT2D eigenvalue weighted by Gasteiger charge is -1.99. The molecule has 1 aromatic carbocycles. The van der Waals surface area contributed by atoms with E-state index in [2.05, 4.69) is 4.99 Å². The average molecular weight is 244 g/mol. The van der Waals surface area contributed by atoms with Gasteiger partial charge in [0.05, 0.1) is 11.3 Å². The minimum atomic E-state index is -0.458. The monoisotopic (exact) mass is 244 g/mol. The summed E-state index contributed by atoms with van der Waals surface area (Å²) in [6.07, 6.45) is 1.75. The molecule has 0 fully saturated rings. The summed E-state index contributed by atoms with van der Waals surface area (Å²) < 4.78 is 0. The van der Waals surface area contributed by atoms with Gasteiger partial charge < -0.3 is 5.73 Å². The number of thiophene rings is 1. The molecule has 0 saturated carbocycles. The molecule has 0 bridgehead atoms. The lowest BCUT2D eigenvalue weighted by Crippen LogP contribution is -2.10. The third-order valence-electron chi connectivity index (χ3n) is 2.26. The average Bonchev–Trinajstić information content (AvgIpc) is 2.73. The minimum Gasteiger partial charge on any atom is -0.366 e. The summed E-state index contributed by atoms with van der Waals surface area (Å²) in [5.74, 6) is -0.458. The van der Waals surface area contributed by atoms with Crippen LogP contribution >= 0.6 is 11.3 Å². The van der Waals surface area contributed by atoms with Crippen molar-refractivity contribution in [3.63, 3.8) is 0 Å². The Balaban J connectivity index is 2.30. The van der Waals surface area contributed by atoms with Crippen LogP contribution in [-0.4, -0.2) is 12.1 Å². The van der Waals surface area contributed by atoms with Gasteiger partial charge in [-0.3, -0.25) is 9.79 Å². The lowest BCUT2D eigenvalue weighted by atomic mass is 10.2. The van der Waals surface area contributed by atoms with E-state index in [0.717, 1.165) is 4.88 Å². The number of carbonyl (C=O) groups is 1. The number of aryl methyl sites for hydroxylation is 1. The normalized spacial score (nSPS) is 10.9. The SMILES string of the molecule is Cc1ccc(/C=N/c2ccccc2C(N)=O)s1. The predicted octanol–water partition coefficient (Wildman–Crippen LogP) is 2.91. The van der Waals surface area contributed by atoms with Crippen molar-refractivity contribution in [3.8, 4) is 0 Å². The van der Waals surface area contributed by atoms with Crippen LogP contribution in [0.25, 0.3) is 0 Å². The Morgan fingerprint density at radius 2 is 2.06 bits per heavy atom. The van der Waals surface area contributed by atoms with Crippen LogP contribution in [-0.2, 0) is 0 Å². The molecule has 0 aliphatic carbocycles. The maximum absolute atomic E-state index is 11.2. The number of para-hydroxylation sites is 1. The van der Waals surface area contributed by atoms with E-state index in [4.69, 9.17) is 5.73 Å². The van der Waals surface area contributed by atoms with Crippen LogP contribution in [0.1, 0.15) is 20.1 Å². The van der Waals surface area contributed by atoms with Crippen LogP contribution in [0.15, 0.2) is 41.4 Å². The molecule has 2 rings (SSSR count). The molecule has 0 radical (unpaired) electrons. The second kappa shape index (κ2) is 4.93. The Kier molecular flexibility index (Phi) is 3.35. The van der Waals surface area contributed by atoms with Crippen LogP contribution < -0.4 is 5.73 Å². The number of nitrogens with two attached hydrogens (primary N) is 1. The van der Waals surface area contributed by atoms with Crippen molar-refractivity contribution in [2.75, 3.05) is 0 Å². The van der Waals surface area contributed by atoms with E-state index in [0.29, 0.717) is 11.3 Å². The third kappa shape index (κ3) is 2.79. The quantitative estimate of drug-likeness (QED) is 0.829. The van der Waals surface area contributed by atoms with Crippen molar-refractivity contribution < 1.29 is 4.79 Å². The number of carbonyl (C=O) groups excluding carboxylic acids is 1. The molecule has 3 nitrogen and oxygen atoms in total. The van der Waals surface area contributed by atoms with Gasteiger partial charge in [0.1, 0.15) is 0 Å². The van der Waals surface area contributed by atoms with Gasteiger partial charge >= 0.3 is 0 Å². The fourth-order valence-corrected chi connectivity index (χ4v) is 2.20. The first-order valence-corrected chi connectivity index (χ1v) is 5.98. The van der Waals surface area contributed by atoms with Crippen LogP contribution in [0.4, 0.5) is 5.69 Å². The molecule has 2 aromatic rings. The number of primary amides is 1. The molecule has 0 saturated heterocycles. The first kappa shape index (κ1) is 11.5. The number of rotatable bonds is 3. The van der Waals surface area contributed by atoms with Gasteiger partial charge in [0.2, 0.25) is 0 Å². The van der Waals surface area contributed by atoms with Gasteiger partial charge in [-0.1, -0.05) is 12.1 Å². The van der Waals surface area contributed by atoms with E-state index >= 15 is 0 Å². The molecule has 86 valence electrons. The highest BCUT2D eigenvalue weighted by atomic mass is 32.1. The molecule has 0 spiro atoms. The van der Waals surface area contributed by atoms with E-state index in [-0.39, 0.29) is 0 Å². The molecule has 0 atom stereocenters. The number of hydrogen-bond acceptors (Lipinski definition) is 3. The van der Waals surface area contributed by atoms with Gasteiger partial charge in [-0.25, -0.2) is 0 Å². The third-order valence-corrected chi connectivity index (χ3v) is 3.20. The molecular formula is C13H12N2OS. The largest absolute Gasteiger partial charge is 0.366 e. The van der Waals surface area contributed by atoms with Gasteiger partial charge in [-0.2, -0.15) is 0 Å². The number of nitrogens with zero attached hydrogens (tertiary/aromatic N) is 1. The lowest BCUT2D eigenvalue weighted by molar-refractivity contribution is 0.100. The maximum Gasteiger partial charge on any atom is 0.250 e. The Labute approximate surface area is 104 Å². The van der Waals surface area contributed by atoms with E-state index in [9.17, 15) is 4.79 Å². The summed E-state index contributed by atoms with van der Waals surface area (Å²) in [4.78, 5) is 17.8. The number of benzene rings is 1. The van der Waals surface area contributed by atoms with Crippen molar-refractivity contribution >= 4 is 29.1 Å². The number of amides is 1. The van der Waals surface area contributed by atoms with Gasteiger partial charge in [0.25, 0.3) is 5.91 Å². The van der Waals surface area contributed by atoms with E-state index in [1.165, 1.54) is 4.88 Å². The highest BCUT2D eigenvalue weighted by Gasteiger charge is 2.05.